The van der Waals surface area contributed by atoms with Crippen LogP contribution in [0.1, 0.15) is 31.0 Å². The van der Waals surface area contributed by atoms with E-state index in [-0.39, 0.29) is 11.3 Å². The second kappa shape index (κ2) is 9.41. The number of aliphatic hydroxyl groups is 1. The van der Waals surface area contributed by atoms with Gasteiger partial charge in [0.1, 0.15) is 11.6 Å². The number of carbonyl (C=O) groups is 2. The van der Waals surface area contributed by atoms with E-state index in [2.05, 4.69) is 13.8 Å². The zero-order valence-electron chi connectivity index (χ0n) is 17.0. The first-order valence-corrected chi connectivity index (χ1v) is 10.4. The van der Waals surface area contributed by atoms with E-state index in [1.165, 1.54) is 34.1 Å². The zero-order chi connectivity index (χ0) is 21.8. The third-order valence-corrected chi connectivity index (χ3v) is 5.80. The summed E-state index contributed by atoms with van der Waals surface area (Å²) in [5.41, 5.74) is 0.961. The Morgan fingerprint density at radius 3 is 2.23 bits per heavy atom. The Labute approximate surface area is 180 Å². The van der Waals surface area contributed by atoms with Crippen molar-refractivity contribution in [2.75, 3.05) is 26.2 Å². The number of aliphatic hydroxyl groups excluding tert-OH is 1. The van der Waals surface area contributed by atoms with Gasteiger partial charge in [-0.25, -0.2) is 4.39 Å². The first-order chi connectivity index (χ1) is 14.4. The van der Waals surface area contributed by atoms with Crippen molar-refractivity contribution in [3.63, 3.8) is 0 Å². The molecular formula is C23H25ClFN2O3+. The molecule has 0 saturated carbocycles. The van der Waals surface area contributed by atoms with Crippen LogP contribution in [0.5, 0.6) is 0 Å². The molecule has 2 aromatic rings. The third kappa shape index (κ3) is 4.40. The topological polar surface area (TPSA) is 62.0 Å². The number of benzene rings is 2. The summed E-state index contributed by atoms with van der Waals surface area (Å²) in [6.07, 6.45) is 0. The highest BCUT2D eigenvalue weighted by Crippen LogP contribution is 2.39. The molecule has 158 valence electrons. The van der Waals surface area contributed by atoms with Gasteiger partial charge in [-0.15, -0.1) is 0 Å². The van der Waals surface area contributed by atoms with Crippen molar-refractivity contribution < 1.29 is 24.0 Å². The first-order valence-electron chi connectivity index (χ1n) is 10.0. The highest BCUT2D eigenvalue weighted by atomic mass is 35.5. The van der Waals surface area contributed by atoms with Crippen LogP contribution in [0.25, 0.3) is 5.76 Å². The van der Waals surface area contributed by atoms with Crippen LogP contribution in [-0.4, -0.2) is 47.9 Å². The summed E-state index contributed by atoms with van der Waals surface area (Å²) >= 11 is 5.92. The molecule has 7 heteroatoms. The molecule has 5 nitrogen and oxygen atoms in total. The van der Waals surface area contributed by atoms with Crippen molar-refractivity contribution in [1.29, 1.82) is 0 Å². The van der Waals surface area contributed by atoms with E-state index in [1.54, 1.807) is 24.3 Å². The van der Waals surface area contributed by atoms with Gasteiger partial charge < -0.3 is 14.9 Å². The fourth-order valence-electron chi connectivity index (χ4n) is 3.75. The van der Waals surface area contributed by atoms with Crippen molar-refractivity contribution >= 4 is 29.1 Å². The van der Waals surface area contributed by atoms with Crippen LogP contribution in [-0.2, 0) is 9.59 Å². The largest absolute Gasteiger partial charge is 0.507 e. The third-order valence-electron chi connectivity index (χ3n) is 5.55. The monoisotopic (exact) mass is 431 g/mol. The maximum absolute atomic E-state index is 13.5. The van der Waals surface area contributed by atoms with Crippen molar-refractivity contribution in [2.24, 2.45) is 0 Å². The summed E-state index contributed by atoms with van der Waals surface area (Å²) in [5.74, 6) is -2.09. The van der Waals surface area contributed by atoms with E-state index in [9.17, 15) is 19.1 Å². The second-order valence-corrected chi connectivity index (χ2v) is 7.69. The number of ketones is 1. The van der Waals surface area contributed by atoms with Crippen LogP contribution in [0, 0.1) is 5.82 Å². The second-order valence-electron chi connectivity index (χ2n) is 7.26. The molecule has 1 saturated heterocycles. The predicted molar refractivity (Wildman–Crippen MR) is 114 cm³/mol. The van der Waals surface area contributed by atoms with Gasteiger partial charge in [-0.1, -0.05) is 23.7 Å². The van der Waals surface area contributed by atoms with Crippen LogP contribution in [0.4, 0.5) is 4.39 Å². The number of amides is 1. The van der Waals surface area contributed by atoms with Crippen LogP contribution in [0.2, 0.25) is 5.02 Å². The first kappa shape index (κ1) is 22.0. The summed E-state index contributed by atoms with van der Waals surface area (Å²) < 4.78 is 13.5. The Morgan fingerprint density at radius 2 is 1.67 bits per heavy atom. The van der Waals surface area contributed by atoms with Crippen LogP contribution < -0.4 is 4.90 Å². The number of likely N-dealkylation sites (N-methyl/N-ethyl adjacent to an activating group) is 1. The van der Waals surface area contributed by atoms with Crippen molar-refractivity contribution in [3.05, 3.63) is 76.1 Å². The highest BCUT2D eigenvalue weighted by Gasteiger charge is 2.46. The van der Waals surface area contributed by atoms with Gasteiger partial charge in [0.2, 0.25) is 0 Å². The number of Topliss-reactive ketones (excluding diaryl/α,β-unsaturated/α-hetero) is 1. The van der Waals surface area contributed by atoms with Crippen molar-refractivity contribution in [3.8, 4) is 0 Å². The molecule has 0 radical (unpaired) electrons. The quantitative estimate of drug-likeness (QED) is 0.402. The van der Waals surface area contributed by atoms with Crippen LogP contribution in [0.3, 0.4) is 0 Å². The molecule has 1 aliphatic rings. The minimum atomic E-state index is -0.781. The predicted octanol–water partition coefficient (Wildman–Crippen LogP) is 2.83. The molecule has 0 bridgehead atoms. The molecular weight excluding hydrogens is 407 g/mol. The maximum Gasteiger partial charge on any atom is 0.295 e. The molecule has 1 fully saturated rings. The lowest BCUT2D eigenvalue weighted by Crippen LogP contribution is -3.12. The van der Waals surface area contributed by atoms with Gasteiger partial charge in [0.25, 0.3) is 11.7 Å². The number of likely N-dealkylation sites (tertiary alicyclic amines) is 1. The lowest BCUT2D eigenvalue weighted by molar-refractivity contribution is -0.895. The molecule has 1 atom stereocenters. The van der Waals surface area contributed by atoms with Gasteiger partial charge >= 0.3 is 0 Å². The number of nitrogens with one attached hydrogen (secondary N) is 1. The van der Waals surface area contributed by atoms with Gasteiger partial charge in [0.05, 0.1) is 37.8 Å². The van der Waals surface area contributed by atoms with Gasteiger partial charge in [-0.05, 0) is 55.8 Å². The smallest absolute Gasteiger partial charge is 0.295 e. The average Bonchev–Trinajstić information content (AvgIpc) is 3.00. The Morgan fingerprint density at radius 1 is 1.07 bits per heavy atom. The number of nitrogens with zero attached hydrogens (tertiary/aromatic N) is 1. The fourth-order valence-corrected chi connectivity index (χ4v) is 3.87. The SMILES string of the molecule is CC[NH+](CC)CCN1C(=O)C(=O)C(=C(O)c2ccc(Cl)cc2)C1c1ccc(F)cc1. The van der Waals surface area contributed by atoms with E-state index < -0.39 is 23.5 Å². The number of hydrogen-bond donors (Lipinski definition) is 2. The van der Waals surface area contributed by atoms with Crippen LogP contribution in [0.15, 0.2) is 54.1 Å². The normalized spacial score (nSPS) is 18.4. The van der Waals surface area contributed by atoms with E-state index in [4.69, 9.17) is 11.6 Å². The molecule has 3 rings (SSSR count). The molecule has 30 heavy (non-hydrogen) atoms. The summed E-state index contributed by atoms with van der Waals surface area (Å²) in [6.45, 7) is 6.93. The highest BCUT2D eigenvalue weighted by molar-refractivity contribution is 6.46. The molecule has 2 N–H and O–H groups in total. The number of rotatable bonds is 7. The van der Waals surface area contributed by atoms with Crippen molar-refractivity contribution in [1.82, 2.24) is 4.90 Å². The Bertz CT molecular complexity index is 953. The standard InChI is InChI=1S/C23H24ClFN2O3/c1-3-26(4-2)13-14-27-20(15-7-11-18(25)12-8-15)19(22(29)23(27)30)21(28)16-5-9-17(24)10-6-16/h5-12,20,28H,3-4,13-14H2,1-2H3/p+1. The van der Waals surface area contributed by atoms with Gasteiger partial charge in [-0.3, -0.25) is 9.59 Å². The van der Waals surface area contributed by atoms with Gasteiger partial charge in [0, 0.05) is 10.6 Å². The molecule has 1 amide bonds. The van der Waals surface area contributed by atoms with E-state index in [1.807, 2.05) is 0 Å². The van der Waals surface area contributed by atoms with Crippen molar-refractivity contribution in [2.45, 2.75) is 19.9 Å². The molecule has 1 aliphatic heterocycles. The van der Waals surface area contributed by atoms with Crippen LogP contribution >= 0.6 is 11.6 Å². The lowest BCUT2D eigenvalue weighted by Gasteiger charge is -2.27. The van der Waals surface area contributed by atoms with E-state index in [0.29, 0.717) is 29.2 Å². The minimum absolute atomic E-state index is 0.00322. The Kier molecular flexibility index (Phi) is 6.90. The fraction of sp³-hybridized carbons (Fsp3) is 0.304. The maximum atomic E-state index is 13.5. The summed E-state index contributed by atoms with van der Waals surface area (Å²) in [7, 11) is 0. The molecule has 2 aromatic carbocycles. The molecule has 0 spiro atoms. The van der Waals surface area contributed by atoms with Gasteiger partial charge in [0.15, 0.2) is 0 Å². The number of hydrogen-bond acceptors (Lipinski definition) is 3. The molecule has 1 unspecified atom stereocenters. The Hall–Kier alpha value is -2.70. The van der Waals surface area contributed by atoms with E-state index >= 15 is 0 Å². The minimum Gasteiger partial charge on any atom is -0.507 e. The summed E-state index contributed by atoms with van der Waals surface area (Å²) in [5, 5.41) is 11.4. The van der Waals surface area contributed by atoms with E-state index in [0.717, 1.165) is 13.1 Å². The number of carbonyl (C=O) groups excluding carboxylic acids is 2. The number of quaternary nitrogens is 1. The lowest BCUT2D eigenvalue weighted by atomic mass is 9.95. The zero-order valence-corrected chi connectivity index (χ0v) is 17.7. The summed E-state index contributed by atoms with van der Waals surface area (Å²) in [4.78, 5) is 28.5. The van der Waals surface area contributed by atoms with Gasteiger partial charge in [-0.2, -0.15) is 0 Å². The Balaban J connectivity index is 2.08. The average molecular weight is 432 g/mol. The number of halogens is 2. The molecule has 0 aliphatic carbocycles. The molecule has 1 heterocycles. The summed E-state index contributed by atoms with van der Waals surface area (Å²) in [6, 6.07) is 11.3. The molecule has 0 aromatic heterocycles.